The molecule has 0 saturated carbocycles. The van der Waals surface area contributed by atoms with Gasteiger partial charge < -0.3 is 10.6 Å². The van der Waals surface area contributed by atoms with Crippen LogP contribution in [0.3, 0.4) is 0 Å². The highest BCUT2D eigenvalue weighted by atomic mass is 79.9. The molecule has 2 aromatic rings. The average molecular weight is 405 g/mol. The Morgan fingerprint density at radius 2 is 2.12 bits per heavy atom. The number of anilines is 1. The lowest BCUT2D eigenvalue weighted by Crippen LogP contribution is -2.16. The second kappa shape index (κ2) is 8.53. The molecule has 2 N–H and O–H groups in total. The van der Waals surface area contributed by atoms with Crippen molar-refractivity contribution in [2.45, 2.75) is 13.5 Å². The summed E-state index contributed by atoms with van der Waals surface area (Å²) in [5.74, 6) is -0.487. The Morgan fingerprint density at radius 1 is 1.33 bits per heavy atom. The van der Waals surface area contributed by atoms with Crippen LogP contribution in [0, 0.1) is 18.3 Å². The number of carbonyl (C=O) groups excluding carboxylic acids is 1. The van der Waals surface area contributed by atoms with Gasteiger partial charge in [-0.1, -0.05) is 45.7 Å². The largest absolute Gasteiger partial charge is 0.386 e. The number of aryl methyl sites for hydroxylation is 1. The van der Waals surface area contributed by atoms with Crippen molar-refractivity contribution in [3.63, 3.8) is 0 Å². The molecule has 0 heterocycles. The Hall–Kier alpha value is -2.29. The molecular formula is C18H15BrClN3O. The molecule has 0 radical (unpaired) electrons. The molecule has 1 amide bonds. The first-order valence-electron chi connectivity index (χ1n) is 7.15. The van der Waals surface area contributed by atoms with Crippen molar-refractivity contribution >= 4 is 39.1 Å². The fraction of sp³-hybridized carbons (Fsp3) is 0.111. The molecule has 24 heavy (non-hydrogen) atoms. The minimum absolute atomic E-state index is 0.0123. The Bertz CT molecular complexity index is 827. The zero-order valence-electron chi connectivity index (χ0n) is 12.9. The van der Waals surface area contributed by atoms with Crippen LogP contribution in [0.4, 0.5) is 5.69 Å². The summed E-state index contributed by atoms with van der Waals surface area (Å²) in [7, 11) is 0. The zero-order chi connectivity index (χ0) is 17.5. The maximum Gasteiger partial charge on any atom is 0.267 e. The van der Waals surface area contributed by atoms with Crippen LogP contribution < -0.4 is 10.6 Å². The van der Waals surface area contributed by atoms with E-state index in [2.05, 4.69) is 26.6 Å². The van der Waals surface area contributed by atoms with E-state index in [1.165, 1.54) is 6.20 Å². The lowest BCUT2D eigenvalue weighted by molar-refractivity contribution is -0.112. The first-order chi connectivity index (χ1) is 11.5. The molecule has 0 aliphatic rings. The van der Waals surface area contributed by atoms with Gasteiger partial charge in [0.1, 0.15) is 11.6 Å². The molecule has 0 bridgehead atoms. The van der Waals surface area contributed by atoms with Crippen LogP contribution in [0.5, 0.6) is 0 Å². The molecule has 0 fully saturated rings. The van der Waals surface area contributed by atoms with Crippen LogP contribution in [0.1, 0.15) is 11.1 Å². The van der Waals surface area contributed by atoms with Gasteiger partial charge in [-0.25, -0.2) is 0 Å². The van der Waals surface area contributed by atoms with Crippen molar-refractivity contribution in [2.24, 2.45) is 0 Å². The van der Waals surface area contributed by atoms with Gasteiger partial charge in [0.2, 0.25) is 0 Å². The molecule has 4 nitrogen and oxygen atoms in total. The number of nitrogens with zero attached hydrogens (tertiary/aromatic N) is 1. The SMILES string of the molecule is Cc1ccc(NC(=O)/C(C#N)=C\NCc2cccc(Br)c2)cc1Cl. The van der Waals surface area contributed by atoms with Crippen LogP contribution in [-0.4, -0.2) is 5.91 Å². The normalized spacial score (nSPS) is 10.8. The lowest BCUT2D eigenvalue weighted by Gasteiger charge is -2.07. The highest BCUT2D eigenvalue weighted by Crippen LogP contribution is 2.20. The first-order valence-corrected chi connectivity index (χ1v) is 8.32. The third-order valence-electron chi connectivity index (χ3n) is 3.24. The highest BCUT2D eigenvalue weighted by molar-refractivity contribution is 9.10. The van der Waals surface area contributed by atoms with Crippen LogP contribution in [-0.2, 0) is 11.3 Å². The lowest BCUT2D eigenvalue weighted by atomic mass is 10.2. The van der Waals surface area contributed by atoms with Crippen LogP contribution in [0.15, 0.2) is 58.7 Å². The van der Waals surface area contributed by atoms with Crippen LogP contribution in [0.2, 0.25) is 5.02 Å². The van der Waals surface area contributed by atoms with E-state index in [4.69, 9.17) is 16.9 Å². The van der Waals surface area contributed by atoms with Gasteiger partial charge >= 0.3 is 0 Å². The third kappa shape index (κ3) is 5.12. The van der Waals surface area contributed by atoms with Gasteiger partial charge in [-0.3, -0.25) is 4.79 Å². The fourth-order valence-electron chi connectivity index (χ4n) is 1.94. The molecule has 122 valence electrons. The minimum Gasteiger partial charge on any atom is -0.386 e. The summed E-state index contributed by atoms with van der Waals surface area (Å²) >= 11 is 9.43. The van der Waals surface area contributed by atoms with Gasteiger partial charge in [0.05, 0.1) is 0 Å². The van der Waals surface area contributed by atoms with Crippen molar-refractivity contribution in [3.05, 3.63) is 74.9 Å². The number of carbonyl (C=O) groups is 1. The van der Waals surface area contributed by atoms with Crippen LogP contribution in [0.25, 0.3) is 0 Å². The number of nitrogens with one attached hydrogen (secondary N) is 2. The van der Waals surface area contributed by atoms with E-state index in [0.29, 0.717) is 17.3 Å². The molecule has 2 rings (SSSR count). The summed E-state index contributed by atoms with van der Waals surface area (Å²) in [6, 6.07) is 14.8. The van der Waals surface area contributed by atoms with E-state index < -0.39 is 5.91 Å². The van der Waals surface area contributed by atoms with Gasteiger partial charge in [-0.05, 0) is 42.3 Å². The Morgan fingerprint density at radius 3 is 2.79 bits per heavy atom. The maximum absolute atomic E-state index is 12.1. The number of amides is 1. The predicted octanol–water partition coefficient (Wildman–Crippen LogP) is 4.55. The summed E-state index contributed by atoms with van der Waals surface area (Å²) < 4.78 is 0.972. The van der Waals surface area contributed by atoms with E-state index in [1.54, 1.807) is 18.2 Å². The van der Waals surface area contributed by atoms with Gasteiger partial charge in [-0.2, -0.15) is 5.26 Å². The molecule has 0 aromatic heterocycles. The monoisotopic (exact) mass is 403 g/mol. The smallest absolute Gasteiger partial charge is 0.267 e. The summed E-state index contributed by atoms with van der Waals surface area (Å²) in [6.07, 6.45) is 1.41. The van der Waals surface area contributed by atoms with Crippen molar-refractivity contribution < 1.29 is 4.79 Å². The van der Waals surface area contributed by atoms with Gasteiger partial charge in [0, 0.05) is 27.9 Å². The number of hydrogen-bond donors (Lipinski definition) is 2. The van der Waals surface area contributed by atoms with Gasteiger partial charge in [-0.15, -0.1) is 0 Å². The number of benzene rings is 2. The van der Waals surface area contributed by atoms with E-state index in [9.17, 15) is 4.79 Å². The molecule has 0 spiro atoms. The highest BCUT2D eigenvalue weighted by Gasteiger charge is 2.09. The molecule has 2 aromatic carbocycles. The molecule has 0 atom stereocenters. The molecule has 0 unspecified atom stereocenters. The third-order valence-corrected chi connectivity index (χ3v) is 4.14. The second-order valence-corrected chi connectivity index (χ2v) is 6.42. The first kappa shape index (κ1) is 18.1. The fourth-order valence-corrected chi connectivity index (χ4v) is 2.56. The number of nitriles is 1. The summed E-state index contributed by atoms with van der Waals surface area (Å²) in [5.41, 5.74) is 2.48. The molecule has 0 saturated heterocycles. The van der Waals surface area contributed by atoms with E-state index in [1.807, 2.05) is 37.3 Å². The Balaban J connectivity index is 2.00. The van der Waals surface area contributed by atoms with E-state index in [0.717, 1.165) is 15.6 Å². The Labute approximate surface area is 154 Å². The number of rotatable bonds is 5. The van der Waals surface area contributed by atoms with Crippen LogP contribution >= 0.6 is 27.5 Å². The second-order valence-electron chi connectivity index (χ2n) is 5.10. The molecule has 0 aliphatic carbocycles. The summed E-state index contributed by atoms with van der Waals surface area (Å²) in [4.78, 5) is 12.1. The molecule has 0 aliphatic heterocycles. The maximum atomic E-state index is 12.1. The zero-order valence-corrected chi connectivity index (χ0v) is 15.3. The summed E-state index contributed by atoms with van der Waals surface area (Å²) in [5, 5.41) is 15.4. The van der Waals surface area contributed by atoms with Crippen molar-refractivity contribution in [3.8, 4) is 6.07 Å². The van der Waals surface area contributed by atoms with Crippen molar-refractivity contribution in [1.29, 1.82) is 5.26 Å². The van der Waals surface area contributed by atoms with Gasteiger partial charge in [0.25, 0.3) is 5.91 Å². The topological polar surface area (TPSA) is 64.9 Å². The summed E-state index contributed by atoms with van der Waals surface area (Å²) in [6.45, 7) is 2.38. The number of halogens is 2. The van der Waals surface area contributed by atoms with E-state index in [-0.39, 0.29) is 5.57 Å². The van der Waals surface area contributed by atoms with Crippen molar-refractivity contribution in [1.82, 2.24) is 5.32 Å². The minimum atomic E-state index is -0.487. The Kier molecular flexibility index (Phi) is 6.42. The number of hydrogen-bond acceptors (Lipinski definition) is 3. The molecular weight excluding hydrogens is 390 g/mol. The average Bonchev–Trinajstić information content (AvgIpc) is 2.55. The van der Waals surface area contributed by atoms with Gasteiger partial charge in [0.15, 0.2) is 0 Å². The molecule has 6 heteroatoms. The standard InChI is InChI=1S/C18H15BrClN3O/c1-12-5-6-16(8-17(12)20)23-18(24)14(9-21)11-22-10-13-3-2-4-15(19)7-13/h2-8,11,22H,10H2,1H3,(H,23,24)/b14-11-. The van der Waals surface area contributed by atoms with Crippen molar-refractivity contribution in [2.75, 3.05) is 5.32 Å². The quantitative estimate of drug-likeness (QED) is 0.568. The predicted molar refractivity (Wildman–Crippen MR) is 99.5 cm³/mol. The van der Waals surface area contributed by atoms with E-state index >= 15 is 0 Å².